The monoisotopic (exact) mass is 490 g/mol. The maximum atomic E-state index is 13.4. The summed E-state index contributed by atoms with van der Waals surface area (Å²) in [5.74, 6) is 1.25. The van der Waals surface area contributed by atoms with Crippen molar-refractivity contribution in [2.24, 2.45) is 0 Å². The number of fused-ring (bicyclic) bond motifs is 2. The maximum absolute atomic E-state index is 13.4. The molecule has 0 unspecified atom stereocenters. The average molecular weight is 491 g/mol. The van der Waals surface area contributed by atoms with Crippen LogP contribution in [0.25, 0.3) is 16.5 Å². The highest BCUT2D eigenvalue weighted by Gasteiger charge is 2.31. The number of benzene rings is 1. The number of hydrogen-bond donors (Lipinski definition) is 2. The van der Waals surface area contributed by atoms with E-state index in [1.54, 1.807) is 67.1 Å². The number of likely N-dealkylation sites (N-methyl/N-ethyl adjacent to an activating group) is 1. The molecule has 1 aliphatic rings. The molecule has 36 heavy (non-hydrogen) atoms. The molecule has 3 heterocycles. The number of aliphatic hydroxyl groups is 1. The van der Waals surface area contributed by atoms with Crippen LogP contribution in [0.4, 0.5) is 0 Å². The van der Waals surface area contributed by atoms with Gasteiger partial charge in [-0.1, -0.05) is 12.8 Å². The molecule has 4 aromatic rings. The van der Waals surface area contributed by atoms with Crippen molar-refractivity contribution in [3.63, 3.8) is 0 Å². The van der Waals surface area contributed by atoms with Gasteiger partial charge in [0.05, 0.1) is 29.5 Å². The summed E-state index contributed by atoms with van der Waals surface area (Å²) in [6.07, 6.45) is 6.30. The van der Waals surface area contributed by atoms with Crippen LogP contribution in [0.5, 0.6) is 11.5 Å². The van der Waals surface area contributed by atoms with Crippen molar-refractivity contribution in [3.05, 3.63) is 59.1 Å². The van der Waals surface area contributed by atoms with Gasteiger partial charge in [0.15, 0.2) is 5.75 Å². The van der Waals surface area contributed by atoms with Crippen LogP contribution in [0.2, 0.25) is 0 Å². The Morgan fingerprint density at radius 3 is 2.75 bits per heavy atom. The number of carbonyl (C=O) groups is 2. The SMILES string of the molecule is CNC(=O)c1c(C)oc2cc(Oc3ccnn4cc(C(=O)N(C)[C@@H]5CCCC[C@H]5O)c(C)c34)ccc12. The molecule has 9 heteroatoms. The van der Waals surface area contributed by atoms with Gasteiger partial charge in [-0.15, -0.1) is 0 Å². The van der Waals surface area contributed by atoms with Crippen molar-refractivity contribution in [1.82, 2.24) is 19.8 Å². The zero-order valence-corrected chi connectivity index (χ0v) is 20.9. The van der Waals surface area contributed by atoms with Crippen LogP contribution in [-0.4, -0.2) is 57.7 Å². The quantitative estimate of drug-likeness (QED) is 0.433. The number of furan rings is 1. The third kappa shape index (κ3) is 3.99. The van der Waals surface area contributed by atoms with E-state index in [0.717, 1.165) is 24.8 Å². The van der Waals surface area contributed by atoms with Crippen molar-refractivity contribution in [1.29, 1.82) is 0 Å². The predicted molar refractivity (Wildman–Crippen MR) is 135 cm³/mol. The first kappa shape index (κ1) is 23.9. The molecule has 9 nitrogen and oxygen atoms in total. The number of aromatic nitrogens is 2. The minimum atomic E-state index is -0.508. The molecule has 1 fully saturated rings. The Balaban J connectivity index is 1.47. The van der Waals surface area contributed by atoms with Crippen LogP contribution < -0.4 is 10.1 Å². The lowest BCUT2D eigenvalue weighted by Gasteiger charge is -2.35. The molecule has 2 amide bonds. The van der Waals surface area contributed by atoms with Gasteiger partial charge in [0, 0.05) is 37.8 Å². The molecule has 2 atom stereocenters. The smallest absolute Gasteiger partial charge is 0.255 e. The second-order valence-electron chi connectivity index (χ2n) is 9.36. The number of ether oxygens (including phenoxy) is 1. The summed E-state index contributed by atoms with van der Waals surface area (Å²) < 4.78 is 13.7. The van der Waals surface area contributed by atoms with Gasteiger partial charge < -0.3 is 24.5 Å². The zero-order valence-electron chi connectivity index (χ0n) is 20.9. The second-order valence-corrected chi connectivity index (χ2v) is 9.36. The summed E-state index contributed by atoms with van der Waals surface area (Å²) in [7, 11) is 3.34. The first-order chi connectivity index (χ1) is 17.3. The summed E-state index contributed by atoms with van der Waals surface area (Å²) in [5, 5.41) is 18.2. The van der Waals surface area contributed by atoms with Crippen molar-refractivity contribution in [2.45, 2.75) is 51.7 Å². The highest BCUT2D eigenvalue weighted by Crippen LogP contribution is 2.34. The second kappa shape index (κ2) is 9.31. The molecule has 0 radical (unpaired) electrons. The van der Waals surface area contributed by atoms with Crippen molar-refractivity contribution < 1.29 is 23.8 Å². The van der Waals surface area contributed by atoms with E-state index in [0.29, 0.717) is 51.3 Å². The molecule has 1 aliphatic carbocycles. The molecule has 1 aromatic carbocycles. The van der Waals surface area contributed by atoms with Crippen molar-refractivity contribution in [3.8, 4) is 11.5 Å². The van der Waals surface area contributed by atoms with Gasteiger partial charge in [0.25, 0.3) is 11.8 Å². The van der Waals surface area contributed by atoms with E-state index in [1.807, 2.05) is 6.92 Å². The van der Waals surface area contributed by atoms with E-state index in [1.165, 1.54) is 0 Å². The fourth-order valence-corrected chi connectivity index (χ4v) is 5.20. The van der Waals surface area contributed by atoms with Gasteiger partial charge in [-0.25, -0.2) is 4.52 Å². The van der Waals surface area contributed by atoms with E-state index < -0.39 is 6.10 Å². The Hall–Kier alpha value is -3.85. The topological polar surface area (TPSA) is 109 Å². The molecule has 0 bridgehead atoms. The maximum Gasteiger partial charge on any atom is 0.255 e. The fourth-order valence-electron chi connectivity index (χ4n) is 5.20. The van der Waals surface area contributed by atoms with Gasteiger partial charge in [0.1, 0.15) is 22.6 Å². The largest absolute Gasteiger partial charge is 0.460 e. The lowest BCUT2D eigenvalue weighted by Crippen LogP contribution is -2.46. The third-order valence-electron chi connectivity index (χ3n) is 7.15. The minimum absolute atomic E-state index is 0.149. The van der Waals surface area contributed by atoms with E-state index in [9.17, 15) is 14.7 Å². The minimum Gasteiger partial charge on any atom is -0.460 e. The Morgan fingerprint density at radius 2 is 2.00 bits per heavy atom. The average Bonchev–Trinajstić information content (AvgIpc) is 3.39. The van der Waals surface area contributed by atoms with Gasteiger partial charge in [0.2, 0.25) is 0 Å². The predicted octanol–water partition coefficient (Wildman–Crippen LogP) is 4.22. The van der Waals surface area contributed by atoms with Gasteiger partial charge in [-0.2, -0.15) is 5.10 Å². The Kier molecular flexibility index (Phi) is 6.17. The number of nitrogens with one attached hydrogen (secondary N) is 1. The fraction of sp³-hybridized carbons (Fsp3) is 0.370. The van der Waals surface area contributed by atoms with Crippen LogP contribution in [0.1, 0.15) is 57.7 Å². The molecule has 0 spiro atoms. The van der Waals surface area contributed by atoms with Gasteiger partial charge >= 0.3 is 0 Å². The van der Waals surface area contributed by atoms with E-state index >= 15 is 0 Å². The molecular formula is C27H30N4O5. The summed E-state index contributed by atoms with van der Waals surface area (Å²) in [5.41, 5.74) is 3.00. The Bertz CT molecular complexity index is 1470. The molecule has 0 aliphatic heterocycles. The number of amides is 2. The third-order valence-corrected chi connectivity index (χ3v) is 7.15. The number of rotatable bonds is 5. The van der Waals surface area contributed by atoms with Crippen molar-refractivity contribution in [2.75, 3.05) is 14.1 Å². The number of carbonyl (C=O) groups excluding carboxylic acids is 2. The van der Waals surface area contributed by atoms with Crippen molar-refractivity contribution >= 4 is 28.3 Å². The van der Waals surface area contributed by atoms with E-state index in [-0.39, 0.29) is 17.9 Å². The standard InChI is InChI=1S/C27H30N4O5/c1-15-19(27(34)30(4)20-7-5-6-8-21(20)32)14-31-25(15)22(11-12-29-31)36-17-9-10-18-23(13-17)35-16(2)24(18)26(33)28-3/h9-14,20-21,32H,5-8H2,1-4H3,(H,28,33)/t20-,21-/m1/s1. The summed E-state index contributed by atoms with van der Waals surface area (Å²) in [4.78, 5) is 27.3. The highest BCUT2D eigenvalue weighted by molar-refractivity contribution is 6.07. The number of aryl methyl sites for hydroxylation is 2. The molecule has 5 rings (SSSR count). The van der Waals surface area contributed by atoms with Crippen LogP contribution >= 0.6 is 0 Å². The first-order valence-corrected chi connectivity index (χ1v) is 12.2. The highest BCUT2D eigenvalue weighted by atomic mass is 16.5. The summed E-state index contributed by atoms with van der Waals surface area (Å²) in [6, 6.07) is 6.88. The van der Waals surface area contributed by atoms with Crippen LogP contribution in [-0.2, 0) is 0 Å². The number of aliphatic hydroxyl groups excluding tert-OH is 1. The lowest BCUT2D eigenvalue weighted by molar-refractivity contribution is 0.0267. The first-order valence-electron chi connectivity index (χ1n) is 12.2. The number of hydrogen-bond acceptors (Lipinski definition) is 6. The molecule has 3 aromatic heterocycles. The molecule has 2 N–H and O–H groups in total. The Labute approximate surface area is 208 Å². The molecule has 0 saturated heterocycles. The summed E-state index contributed by atoms with van der Waals surface area (Å²) >= 11 is 0. The van der Waals surface area contributed by atoms with Gasteiger partial charge in [-0.3, -0.25) is 9.59 Å². The lowest BCUT2D eigenvalue weighted by atomic mass is 9.91. The summed E-state index contributed by atoms with van der Waals surface area (Å²) in [6.45, 7) is 3.63. The number of nitrogens with zero attached hydrogens (tertiary/aromatic N) is 3. The molecule has 1 saturated carbocycles. The van der Waals surface area contributed by atoms with E-state index in [2.05, 4.69) is 10.4 Å². The molecular weight excluding hydrogens is 460 g/mol. The Morgan fingerprint density at radius 1 is 1.22 bits per heavy atom. The van der Waals surface area contributed by atoms with Crippen LogP contribution in [0, 0.1) is 13.8 Å². The van der Waals surface area contributed by atoms with E-state index in [4.69, 9.17) is 9.15 Å². The van der Waals surface area contributed by atoms with Crippen LogP contribution in [0.15, 0.2) is 41.1 Å². The van der Waals surface area contributed by atoms with Crippen LogP contribution in [0.3, 0.4) is 0 Å². The normalized spacial score (nSPS) is 17.9. The molecule has 188 valence electrons. The van der Waals surface area contributed by atoms with Gasteiger partial charge in [-0.05, 0) is 44.4 Å². The zero-order chi connectivity index (χ0) is 25.6.